The molecule has 0 saturated carbocycles. The number of hydrogen-bond acceptors (Lipinski definition) is 3. The molecule has 0 radical (unpaired) electrons. The lowest BCUT2D eigenvalue weighted by Crippen LogP contribution is -2.17. The van der Waals surface area contributed by atoms with Crippen LogP contribution in [0.5, 0.6) is 5.75 Å². The molecule has 1 unspecified atom stereocenters. The van der Waals surface area contributed by atoms with Gasteiger partial charge in [-0.3, -0.25) is 4.79 Å². The summed E-state index contributed by atoms with van der Waals surface area (Å²) in [7, 11) is 1.61. The minimum absolute atomic E-state index is 0.0872. The van der Waals surface area contributed by atoms with Crippen LogP contribution in [0.4, 0.5) is 0 Å². The van der Waals surface area contributed by atoms with E-state index in [1.54, 1.807) is 7.11 Å². The van der Waals surface area contributed by atoms with E-state index in [4.69, 9.17) is 22.7 Å². The second-order valence-electron chi connectivity index (χ2n) is 4.20. The fourth-order valence-corrected chi connectivity index (χ4v) is 2.44. The first kappa shape index (κ1) is 12.6. The van der Waals surface area contributed by atoms with Gasteiger partial charge in [0, 0.05) is 18.5 Å². The number of nitrogens with one attached hydrogen (secondary N) is 1. The average molecular weight is 265 g/mol. The molecule has 0 spiro atoms. The molecule has 1 heterocycles. The third kappa shape index (κ3) is 2.24. The Hall–Kier alpha value is -1.82. The summed E-state index contributed by atoms with van der Waals surface area (Å²) in [4.78, 5) is 14.1. The van der Waals surface area contributed by atoms with Gasteiger partial charge in [0.2, 0.25) is 5.91 Å². The van der Waals surface area contributed by atoms with Gasteiger partial charge in [0.25, 0.3) is 0 Å². The number of primary amides is 1. The minimum Gasteiger partial charge on any atom is -0.497 e. The molecular weight excluding hydrogens is 250 g/mol. The standard InChI is InChI=1S/C12H15N3O2S/c1-7(5-11(13)16)15-10-6-8(17-2)3-4-9(10)14-12(15)18/h3-4,6-7H,5H2,1-2H3,(H2,13,16)(H,14,18). The summed E-state index contributed by atoms with van der Waals surface area (Å²) in [6.07, 6.45) is 0.248. The van der Waals surface area contributed by atoms with E-state index in [2.05, 4.69) is 4.98 Å². The number of carbonyl (C=O) groups is 1. The van der Waals surface area contributed by atoms with Crippen molar-refractivity contribution in [3.8, 4) is 5.75 Å². The molecule has 1 amide bonds. The van der Waals surface area contributed by atoms with Crippen LogP contribution in [-0.4, -0.2) is 22.6 Å². The van der Waals surface area contributed by atoms with Crippen LogP contribution in [0.25, 0.3) is 11.0 Å². The van der Waals surface area contributed by atoms with Gasteiger partial charge in [-0.05, 0) is 31.3 Å². The number of nitrogens with two attached hydrogens (primary N) is 1. The first-order chi connectivity index (χ1) is 8.52. The van der Waals surface area contributed by atoms with E-state index in [-0.39, 0.29) is 18.4 Å². The van der Waals surface area contributed by atoms with Gasteiger partial charge >= 0.3 is 0 Å². The number of aromatic nitrogens is 2. The predicted octanol–water partition coefficient (Wildman–Crippen LogP) is 2.14. The zero-order valence-electron chi connectivity index (χ0n) is 10.3. The number of benzene rings is 1. The molecule has 1 atom stereocenters. The lowest BCUT2D eigenvalue weighted by Gasteiger charge is -2.12. The summed E-state index contributed by atoms with van der Waals surface area (Å²) in [5, 5.41) is 0. The molecule has 1 aromatic heterocycles. The molecular formula is C12H15N3O2S. The van der Waals surface area contributed by atoms with Crippen LogP contribution in [0.1, 0.15) is 19.4 Å². The number of fused-ring (bicyclic) bond motifs is 1. The number of rotatable bonds is 4. The molecule has 0 aliphatic rings. The van der Waals surface area contributed by atoms with E-state index in [0.29, 0.717) is 4.77 Å². The van der Waals surface area contributed by atoms with Crippen molar-refractivity contribution < 1.29 is 9.53 Å². The molecule has 0 aliphatic carbocycles. The quantitative estimate of drug-likeness (QED) is 0.832. The maximum atomic E-state index is 11.0. The largest absolute Gasteiger partial charge is 0.497 e. The zero-order chi connectivity index (χ0) is 13.3. The molecule has 0 saturated heterocycles. The second kappa shape index (κ2) is 4.81. The molecule has 5 nitrogen and oxygen atoms in total. The Bertz CT molecular complexity index is 644. The highest BCUT2D eigenvalue weighted by Crippen LogP contribution is 2.24. The summed E-state index contributed by atoms with van der Waals surface area (Å²) < 4.78 is 7.66. The Labute approximate surface area is 110 Å². The Morgan fingerprint density at radius 3 is 2.94 bits per heavy atom. The Morgan fingerprint density at radius 2 is 2.33 bits per heavy atom. The summed E-state index contributed by atoms with van der Waals surface area (Å²) in [6, 6.07) is 5.56. The van der Waals surface area contributed by atoms with E-state index >= 15 is 0 Å². The molecule has 2 rings (SSSR count). The van der Waals surface area contributed by atoms with Gasteiger partial charge in [-0.25, -0.2) is 0 Å². The van der Waals surface area contributed by atoms with Crippen LogP contribution in [0.2, 0.25) is 0 Å². The summed E-state index contributed by atoms with van der Waals surface area (Å²) in [5.74, 6) is 0.401. The number of amides is 1. The molecule has 0 fully saturated rings. The van der Waals surface area contributed by atoms with Gasteiger partial charge in [-0.2, -0.15) is 0 Å². The number of methoxy groups -OCH3 is 1. The minimum atomic E-state index is -0.346. The van der Waals surface area contributed by atoms with Crippen molar-refractivity contribution in [2.45, 2.75) is 19.4 Å². The number of aromatic amines is 1. The highest BCUT2D eigenvalue weighted by atomic mass is 32.1. The summed E-state index contributed by atoms with van der Waals surface area (Å²) in [6.45, 7) is 1.91. The predicted molar refractivity (Wildman–Crippen MR) is 72.2 cm³/mol. The topological polar surface area (TPSA) is 73.0 Å². The molecule has 3 N–H and O–H groups in total. The molecule has 2 aromatic rings. The highest BCUT2D eigenvalue weighted by molar-refractivity contribution is 7.71. The monoisotopic (exact) mass is 265 g/mol. The van der Waals surface area contributed by atoms with Gasteiger partial charge in [-0.15, -0.1) is 0 Å². The molecule has 96 valence electrons. The smallest absolute Gasteiger partial charge is 0.219 e. The van der Waals surface area contributed by atoms with Crippen molar-refractivity contribution in [1.82, 2.24) is 9.55 Å². The number of nitrogens with zero attached hydrogens (tertiary/aromatic N) is 1. The number of imidazole rings is 1. The third-order valence-corrected chi connectivity index (χ3v) is 3.16. The SMILES string of the molecule is COc1ccc2[nH]c(=S)n(C(C)CC(N)=O)c2c1. The zero-order valence-corrected chi connectivity index (χ0v) is 11.1. The Morgan fingerprint density at radius 1 is 1.61 bits per heavy atom. The maximum Gasteiger partial charge on any atom is 0.219 e. The van der Waals surface area contributed by atoms with Gasteiger partial charge in [-0.1, -0.05) is 0 Å². The van der Waals surface area contributed by atoms with Crippen molar-refractivity contribution in [2.75, 3.05) is 7.11 Å². The number of H-pyrrole nitrogens is 1. The van der Waals surface area contributed by atoms with Gasteiger partial charge in [0.1, 0.15) is 5.75 Å². The number of carbonyl (C=O) groups excluding carboxylic acids is 1. The molecule has 0 aliphatic heterocycles. The lowest BCUT2D eigenvalue weighted by atomic mass is 10.2. The van der Waals surface area contributed by atoms with Crippen molar-refractivity contribution in [3.63, 3.8) is 0 Å². The van der Waals surface area contributed by atoms with Crippen molar-refractivity contribution in [3.05, 3.63) is 23.0 Å². The molecule has 1 aromatic carbocycles. The van der Waals surface area contributed by atoms with E-state index < -0.39 is 0 Å². The van der Waals surface area contributed by atoms with Crippen LogP contribution in [-0.2, 0) is 4.79 Å². The van der Waals surface area contributed by atoms with E-state index in [1.165, 1.54) is 0 Å². The second-order valence-corrected chi connectivity index (χ2v) is 4.59. The number of hydrogen-bond donors (Lipinski definition) is 2. The number of ether oxygens (including phenoxy) is 1. The summed E-state index contributed by atoms with van der Waals surface area (Å²) in [5.41, 5.74) is 7.05. The molecule has 18 heavy (non-hydrogen) atoms. The van der Waals surface area contributed by atoms with Crippen LogP contribution in [0, 0.1) is 4.77 Å². The van der Waals surface area contributed by atoms with Crippen LogP contribution in [0.3, 0.4) is 0 Å². The van der Waals surface area contributed by atoms with Gasteiger partial charge < -0.3 is 20.0 Å². The highest BCUT2D eigenvalue weighted by Gasteiger charge is 2.13. The Kier molecular flexibility index (Phi) is 3.38. The fourth-order valence-electron chi connectivity index (χ4n) is 2.05. The average Bonchev–Trinajstić information content (AvgIpc) is 2.62. The maximum absolute atomic E-state index is 11.0. The first-order valence-corrected chi connectivity index (χ1v) is 6.00. The van der Waals surface area contributed by atoms with E-state index in [9.17, 15) is 4.79 Å². The first-order valence-electron chi connectivity index (χ1n) is 5.59. The Balaban J connectivity index is 2.57. The van der Waals surface area contributed by atoms with Gasteiger partial charge in [0.15, 0.2) is 4.77 Å². The third-order valence-electron chi connectivity index (χ3n) is 2.86. The van der Waals surface area contributed by atoms with Crippen LogP contribution < -0.4 is 10.5 Å². The normalized spacial score (nSPS) is 12.6. The van der Waals surface area contributed by atoms with E-state index in [0.717, 1.165) is 16.8 Å². The van der Waals surface area contributed by atoms with E-state index in [1.807, 2.05) is 29.7 Å². The fraction of sp³-hybridized carbons (Fsp3) is 0.333. The molecule has 0 bridgehead atoms. The van der Waals surface area contributed by atoms with Crippen molar-refractivity contribution in [2.24, 2.45) is 5.73 Å². The lowest BCUT2D eigenvalue weighted by molar-refractivity contribution is -0.118. The van der Waals surface area contributed by atoms with Crippen molar-refractivity contribution >= 4 is 29.2 Å². The van der Waals surface area contributed by atoms with Crippen LogP contribution >= 0.6 is 12.2 Å². The van der Waals surface area contributed by atoms with Gasteiger partial charge in [0.05, 0.1) is 18.1 Å². The van der Waals surface area contributed by atoms with Crippen molar-refractivity contribution in [1.29, 1.82) is 0 Å². The van der Waals surface area contributed by atoms with Crippen LogP contribution in [0.15, 0.2) is 18.2 Å². The summed E-state index contributed by atoms with van der Waals surface area (Å²) >= 11 is 5.28. The molecule has 6 heteroatoms.